The minimum absolute atomic E-state index is 0.0103. The molecule has 0 amide bonds. The Balaban J connectivity index is 3.01. The van der Waals surface area contributed by atoms with Gasteiger partial charge in [0.05, 0.1) is 10.6 Å². The summed E-state index contributed by atoms with van der Waals surface area (Å²) in [5.74, 6) is 5.16. The molecule has 110 valence electrons. The predicted molar refractivity (Wildman–Crippen MR) is 82.4 cm³/mol. The van der Waals surface area contributed by atoms with Crippen LogP contribution in [0.4, 0.5) is 5.69 Å². The van der Waals surface area contributed by atoms with E-state index in [1.54, 1.807) is 6.07 Å². The Hall–Kier alpha value is -1.51. The van der Waals surface area contributed by atoms with Crippen molar-refractivity contribution in [3.63, 3.8) is 0 Å². The average Bonchev–Trinajstić information content (AvgIpc) is 2.69. The van der Waals surface area contributed by atoms with Crippen LogP contribution in [-0.2, 0) is 0 Å². The molecular formula is C15H21NO3S. The van der Waals surface area contributed by atoms with Crippen LogP contribution in [0.3, 0.4) is 0 Å². The molecule has 0 aromatic carbocycles. The zero-order valence-electron chi connectivity index (χ0n) is 12.3. The number of thiophene rings is 1. The number of hydrogen-bond donors (Lipinski definition) is 3. The van der Waals surface area contributed by atoms with Crippen molar-refractivity contribution in [1.29, 1.82) is 0 Å². The molecule has 0 aliphatic rings. The topological polar surface area (TPSA) is 69.6 Å². The first kappa shape index (κ1) is 16.5. The highest BCUT2D eigenvalue weighted by Crippen LogP contribution is 2.28. The fraction of sp³-hybridized carbons (Fsp3) is 0.533. The highest BCUT2D eigenvalue weighted by Gasteiger charge is 2.16. The number of carboxylic acids is 1. The maximum atomic E-state index is 11.2. The van der Waals surface area contributed by atoms with Gasteiger partial charge in [0.1, 0.15) is 4.88 Å². The number of anilines is 1. The lowest BCUT2D eigenvalue weighted by molar-refractivity contribution is 0.0703. The van der Waals surface area contributed by atoms with E-state index in [0.29, 0.717) is 12.1 Å². The minimum atomic E-state index is -0.961. The van der Waals surface area contributed by atoms with E-state index in [1.165, 1.54) is 11.3 Å². The Morgan fingerprint density at radius 3 is 2.65 bits per heavy atom. The van der Waals surface area contributed by atoms with E-state index in [1.807, 2.05) is 27.7 Å². The molecule has 1 atom stereocenters. The summed E-state index contributed by atoms with van der Waals surface area (Å²) in [4.78, 5) is 12.2. The number of aromatic carboxylic acids is 1. The lowest BCUT2D eigenvalue weighted by atomic mass is 9.98. The van der Waals surface area contributed by atoms with Gasteiger partial charge in [-0.05, 0) is 40.2 Å². The van der Waals surface area contributed by atoms with Crippen LogP contribution >= 0.6 is 11.3 Å². The predicted octanol–water partition coefficient (Wildman–Crippen LogP) is 3.03. The molecule has 4 nitrogen and oxygen atoms in total. The maximum Gasteiger partial charge on any atom is 0.348 e. The largest absolute Gasteiger partial charge is 0.477 e. The molecule has 0 aliphatic heterocycles. The van der Waals surface area contributed by atoms with Gasteiger partial charge in [-0.1, -0.05) is 11.8 Å². The van der Waals surface area contributed by atoms with Gasteiger partial charge < -0.3 is 15.5 Å². The van der Waals surface area contributed by atoms with Crippen molar-refractivity contribution >= 4 is 23.0 Å². The molecule has 0 spiro atoms. The Labute approximate surface area is 123 Å². The van der Waals surface area contributed by atoms with E-state index >= 15 is 0 Å². The standard InChI is InChI=1S/C15H21NO3S/c1-10(6-8-17)16-12-9-11(5-7-15(2,3)4)20-13(12)14(18)19/h9-10,16-17H,6,8H2,1-4H3,(H,18,19)/t10-/m0/s1. The maximum absolute atomic E-state index is 11.2. The molecule has 0 radical (unpaired) electrons. The van der Waals surface area contributed by atoms with E-state index < -0.39 is 5.97 Å². The van der Waals surface area contributed by atoms with Gasteiger partial charge in [-0.2, -0.15) is 0 Å². The number of nitrogens with one attached hydrogen (secondary N) is 1. The van der Waals surface area contributed by atoms with Crippen molar-refractivity contribution in [2.45, 2.75) is 40.2 Å². The van der Waals surface area contributed by atoms with Crippen molar-refractivity contribution in [3.05, 3.63) is 15.8 Å². The third kappa shape index (κ3) is 5.24. The van der Waals surface area contributed by atoms with Gasteiger partial charge in [0, 0.05) is 18.1 Å². The van der Waals surface area contributed by atoms with Crippen LogP contribution < -0.4 is 5.32 Å². The first-order valence-corrected chi connectivity index (χ1v) is 7.32. The van der Waals surface area contributed by atoms with E-state index in [0.717, 1.165) is 4.88 Å². The summed E-state index contributed by atoms with van der Waals surface area (Å²) in [6.07, 6.45) is 0.567. The minimum Gasteiger partial charge on any atom is -0.477 e. The molecule has 1 aromatic heterocycles. The quantitative estimate of drug-likeness (QED) is 0.730. The second-order valence-corrected chi connectivity index (χ2v) is 6.77. The lowest BCUT2D eigenvalue weighted by Gasteiger charge is -2.12. The van der Waals surface area contributed by atoms with Crippen LogP contribution in [0.1, 0.15) is 48.7 Å². The SMILES string of the molecule is C[C@@H](CCO)Nc1cc(C#CC(C)(C)C)sc1C(=O)O. The van der Waals surface area contributed by atoms with Gasteiger partial charge in [-0.15, -0.1) is 11.3 Å². The fourth-order valence-corrected chi connectivity index (χ4v) is 2.31. The number of carbonyl (C=O) groups is 1. The molecule has 20 heavy (non-hydrogen) atoms. The monoisotopic (exact) mass is 295 g/mol. The van der Waals surface area contributed by atoms with Crippen molar-refractivity contribution in [2.75, 3.05) is 11.9 Å². The summed E-state index contributed by atoms with van der Waals surface area (Å²) in [5, 5.41) is 21.2. The first-order valence-electron chi connectivity index (χ1n) is 6.50. The molecule has 1 aromatic rings. The third-order valence-corrected chi connectivity index (χ3v) is 3.49. The number of rotatable bonds is 5. The summed E-state index contributed by atoms with van der Waals surface area (Å²) in [6.45, 7) is 7.99. The van der Waals surface area contributed by atoms with Crippen LogP contribution in [0.2, 0.25) is 0 Å². The Kier molecular flexibility index (Phi) is 5.61. The van der Waals surface area contributed by atoms with Crippen LogP contribution in [0.5, 0.6) is 0 Å². The molecule has 1 rings (SSSR count). The van der Waals surface area contributed by atoms with E-state index in [-0.39, 0.29) is 22.9 Å². The van der Waals surface area contributed by atoms with Crippen LogP contribution in [0.15, 0.2) is 6.07 Å². The molecule has 0 unspecified atom stereocenters. The summed E-state index contributed by atoms with van der Waals surface area (Å²) in [7, 11) is 0. The zero-order chi connectivity index (χ0) is 15.3. The van der Waals surface area contributed by atoms with Crippen molar-refractivity contribution in [1.82, 2.24) is 0 Å². The second kappa shape index (κ2) is 6.78. The Bertz CT molecular complexity index is 532. The Morgan fingerprint density at radius 2 is 2.15 bits per heavy atom. The lowest BCUT2D eigenvalue weighted by Crippen LogP contribution is -2.17. The first-order chi connectivity index (χ1) is 9.23. The zero-order valence-corrected chi connectivity index (χ0v) is 13.1. The molecule has 0 bridgehead atoms. The molecule has 1 heterocycles. The molecule has 0 saturated heterocycles. The molecule has 0 saturated carbocycles. The van der Waals surface area contributed by atoms with Gasteiger partial charge >= 0.3 is 5.97 Å². The van der Waals surface area contributed by atoms with Gasteiger partial charge in [0.15, 0.2) is 0 Å². The number of hydrogen-bond acceptors (Lipinski definition) is 4. The molecule has 5 heteroatoms. The summed E-state index contributed by atoms with van der Waals surface area (Å²) < 4.78 is 0. The fourth-order valence-electron chi connectivity index (χ4n) is 1.50. The molecule has 0 aliphatic carbocycles. The highest BCUT2D eigenvalue weighted by molar-refractivity contribution is 7.15. The van der Waals surface area contributed by atoms with Gasteiger partial charge in [0.25, 0.3) is 0 Å². The van der Waals surface area contributed by atoms with Crippen molar-refractivity contribution in [2.24, 2.45) is 5.41 Å². The Morgan fingerprint density at radius 1 is 1.50 bits per heavy atom. The van der Waals surface area contributed by atoms with Gasteiger partial charge in [-0.3, -0.25) is 0 Å². The highest BCUT2D eigenvalue weighted by atomic mass is 32.1. The smallest absolute Gasteiger partial charge is 0.348 e. The third-order valence-electron chi connectivity index (χ3n) is 2.45. The van der Waals surface area contributed by atoms with E-state index in [4.69, 9.17) is 5.11 Å². The van der Waals surface area contributed by atoms with E-state index in [9.17, 15) is 9.90 Å². The summed E-state index contributed by atoms with van der Waals surface area (Å²) in [6, 6.07) is 1.77. The average molecular weight is 295 g/mol. The van der Waals surface area contributed by atoms with Gasteiger partial charge in [-0.25, -0.2) is 4.79 Å². The van der Waals surface area contributed by atoms with Gasteiger partial charge in [0.2, 0.25) is 0 Å². The normalized spacial score (nSPS) is 12.4. The van der Waals surface area contributed by atoms with E-state index in [2.05, 4.69) is 17.2 Å². The molecule has 3 N–H and O–H groups in total. The van der Waals surface area contributed by atoms with Crippen molar-refractivity contribution in [3.8, 4) is 11.8 Å². The number of aliphatic hydroxyl groups is 1. The second-order valence-electron chi connectivity index (χ2n) is 5.72. The van der Waals surface area contributed by atoms with Crippen LogP contribution in [0.25, 0.3) is 0 Å². The van der Waals surface area contributed by atoms with Crippen molar-refractivity contribution < 1.29 is 15.0 Å². The molecule has 0 fully saturated rings. The summed E-state index contributed by atoms with van der Waals surface area (Å²) >= 11 is 1.17. The van der Waals surface area contributed by atoms with Crippen LogP contribution in [-0.4, -0.2) is 28.8 Å². The number of carboxylic acid groups (broad SMARTS) is 1. The number of aliphatic hydroxyl groups excluding tert-OH is 1. The van der Waals surface area contributed by atoms with Crippen LogP contribution in [0, 0.1) is 17.3 Å². The molecular weight excluding hydrogens is 274 g/mol. The summed E-state index contributed by atoms with van der Waals surface area (Å²) in [5.41, 5.74) is 0.451.